The molecule has 0 aliphatic carbocycles. The smallest absolute Gasteiger partial charge is 0.212 e. The number of nitrogens with one attached hydrogen (secondary N) is 2. The molecule has 86 valence electrons. The van der Waals surface area contributed by atoms with Gasteiger partial charge in [-0.25, -0.2) is 13.1 Å². The molecule has 0 unspecified atom stereocenters. The van der Waals surface area contributed by atoms with Crippen LogP contribution in [0.4, 0.5) is 0 Å². The van der Waals surface area contributed by atoms with Crippen LogP contribution in [0.25, 0.3) is 0 Å². The van der Waals surface area contributed by atoms with Crippen LogP contribution in [0.3, 0.4) is 0 Å². The van der Waals surface area contributed by atoms with Gasteiger partial charge in [0, 0.05) is 26.3 Å². The van der Waals surface area contributed by atoms with Crippen LogP contribution in [-0.4, -0.2) is 47.5 Å². The Kier molecular flexibility index (Phi) is 8.07. The molecular weight excluding hydrogens is 204 g/mol. The van der Waals surface area contributed by atoms with Crippen LogP contribution in [0.15, 0.2) is 0 Å². The van der Waals surface area contributed by atoms with Gasteiger partial charge in [0.15, 0.2) is 0 Å². The minimum atomic E-state index is -3.10. The summed E-state index contributed by atoms with van der Waals surface area (Å²) in [4.78, 5) is 0. The fraction of sp³-hybridized carbons (Fsp3) is 1.00. The van der Waals surface area contributed by atoms with Gasteiger partial charge in [-0.1, -0.05) is 0 Å². The summed E-state index contributed by atoms with van der Waals surface area (Å²) in [6.07, 6.45) is 0.715. The molecule has 0 rings (SSSR count). The summed E-state index contributed by atoms with van der Waals surface area (Å²) in [6.45, 7) is 4.11. The molecule has 0 amide bonds. The number of sulfonamides is 1. The molecule has 0 aromatic carbocycles. The average Bonchev–Trinajstić information content (AvgIpc) is 2.15. The monoisotopic (exact) mass is 224 g/mol. The maximum absolute atomic E-state index is 11.2. The van der Waals surface area contributed by atoms with Crippen LogP contribution in [0.1, 0.15) is 13.3 Å². The van der Waals surface area contributed by atoms with Crippen molar-refractivity contribution in [3.05, 3.63) is 0 Å². The first kappa shape index (κ1) is 13.8. The standard InChI is InChI=1S/C8H20N2O3S/c1-3-13-7-4-5-10-14(11,12)8-6-9-2/h9-10H,3-8H2,1-2H3. The van der Waals surface area contributed by atoms with E-state index >= 15 is 0 Å². The maximum atomic E-state index is 11.2. The molecule has 0 aromatic rings. The lowest BCUT2D eigenvalue weighted by Crippen LogP contribution is -2.31. The third-order valence-electron chi connectivity index (χ3n) is 1.61. The minimum Gasteiger partial charge on any atom is -0.382 e. The Morgan fingerprint density at radius 2 is 2.00 bits per heavy atom. The van der Waals surface area contributed by atoms with Gasteiger partial charge in [0.1, 0.15) is 0 Å². The summed E-state index contributed by atoms with van der Waals surface area (Å²) < 4.78 is 30.0. The first-order valence-corrected chi connectivity index (χ1v) is 6.47. The van der Waals surface area contributed by atoms with E-state index in [1.165, 1.54) is 0 Å². The van der Waals surface area contributed by atoms with Crippen molar-refractivity contribution in [2.45, 2.75) is 13.3 Å². The van der Waals surface area contributed by atoms with E-state index in [1.54, 1.807) is 7.05 Å². The van der Waals surface area contributed by atoms with Gasteiger partial charge >= 0.3 is 0 Å². The minimum absolute atomic E-state index is 0.123. The second-order valence-corrected chi connectivity index (χ2v) is 4.79. The lowest BCUT2D eigenvalue weighted by atomic mass is 10.5. The van der Waals surface area contributed by atoms with Gasteiger partial charge < -0.3 is 10.1 Å². The predicted molar refractivity (Wildman–Crippen MR) is 56.8 cm³/mol. The summed E-state index contributed by atoms with van der Waals surface area (Å²) in [5, 5.41) is 2.79. The topological polar surface area (TPSA) is 67.4 Å². The van der Waals surface area contributed by atoms with Crippen molar-refractivity contribution in [1.29, 1.82) is 0 Å². The first-order valence-electron chi connectivity index (χ1n) is 4.82. The van der Waals surface area contributed by atoms with Crippen molar-refractivity contribution < 1.29 is 13.2 Å². The highest BCUT2D eigenvalue weighted by Gasteiger charge is 2.07. The van der Waals surface area contributed by atoms with Gasteiger partial charge in [0.05, 0.1) is 5.75 Å². The molecule has 0 aromatic heterocycles. The second kappa shape index (κ2) is 8.16. The lowest BCUT2D eigenvalue weighted by Gasteiger charge is -2.06. The van der Waals surface area contributed by atoms with Gasteiger partial charge in [-0.05, 0) is 20.4 Å². The summed E-state index contributed by atoms with van der Waals surface area (Å²) in [6, 6.07) is 0. The molecule has 0 atom stereocenters. The Morgan fingerprint density at radius 1 is 1.29 bits per heavy atom. The normalized spacial score (nSPS) is 11.9. The Labute approximate surface area is 86.3 Å². The van der Waals surface area contributed by atoms with Crippen LogP contribution in [0, 0.1) is 0 Å². The highest BCUT2D eigenvalue weighted by atomic mass is 32.2. The molecule has 0 bridgehead atoms. The van der Waals surface area contributed by atoms with Gasteiger partial charge in [0.25, 0.3) is 0 Å². The number of hydrogen-bond donors (Lipinski definition) is 2. The molecule has 6 heteroatoms. The van der Waals surface area contributed by atoms with E-state index in [4.69, 9.17) is 4.74 Å². The van der Waals surface area contributed by atoms with Crippen molar-refractivity contribution in [3.63, 3.8) is 0 Å². The molecule has 5 nitrogen and oxygen atoms in total. The third-order valence-corrected chi connectivity index (χ3v) is 3.00. The Hall–Kier alpha value is -0.170. The van der Waals surface area contributed by atoms with E-state index in [-0.39, 0.29) is 5.75 Å². The highest BCUT2D eigenvalue weighted by Crippen LogP contribution is 1.85. The quantitative estimate of drug-likeness (QED) is 0.521. The lowest BCUT2D eigenvalue weighted by molar-refractivity contribution is 0.146. The maximum Gasteiger partial charge on any atom is 0.212 e. The molecule has 0 saturated heterocycles. The van der Waals surface area contributed by atoms with E-state index in [1.807, 2.05) is 6.92 Å². The summed E-state index contributed by atoms with van der Waals surface area (Å²) in [5.74, 6) is 0.123. The van der Waals surface area contributed by atoms with Gasteiger partial charge in [-0.2, -0.15) is 0 Å². The van der Waals surface area contributed by atoms with Crippen molar-refractivity contribution in [2.75, 3.05) is 39.1 Å². The first-order chi connectivity index (χ1) is 6.62. The zero-order valence-corrected chi connectivity index (χ0v) is 9.69. The predicted octanol–water partition coefficient (Wildman–Crippen LogP) is -0.448. The van der Waals surface area contributed by atoms with Crippen molar-refractivity contribution in [2.24, 2.45) is 0 Å². The molecule has 0 spiro atoms. The van der Waals surface area contributed by atoms with Crippen LogP contribution < -0.4 is 10.0 Å². The number of hydrogen-bond acceptors (Lipinski definition) is 4. The average molecular weight is 224 g/mol. The van der Waals surface area contributed by atoms with Crippen LogP contribution >= 0.6 is 0 Å². The highest BCUT2D eigenvalue weighted by molar-refractivity contribution is 7.89. The van der Waals surface area contributed by atoms with Crippen LogP contribution in [0.5, 0.6) is 0 Å². The van der Waals surface area contributed by atoms with Gasteiger partial charge in [-0.3, -0.25) is 0 Å². The molecule has 0 heterocycles. The van der Waals surface area contributed by atoms with E-state index in [2.05, 4.69) is 10.0 Å². The fourth-order valence-electron chi connectivity index (χ4n) is 0.855. The number of rotatable bonds is 9. The molecule has 0 saturated carbocycles. The third kappa shape index (κ3) is 8.43. The molecule has 14 heavy (non-hydrogen) atoms. The van der Waals surface area contributed by atoms with Gasteiger partial charge in [-0.15, -0.1) is 0 Å². The van der Waals surface area contributed by atoms with E-state index in [0.717, 1.165) is 0 Å². The summed E-state index contributed by atoms with van der Waals surface area (Å²) in [7, 11) is -1.37. The zero-order valence-electron chi connectivity index (χ0n) is 8.88. The Bertz CT molecular complexity index is 217. The largest absolute Gasteiger partial charge is 0.382 e. The molecule has 0 fully saturated rings. The zero-order chi connectivity index (χ0) is 10.9. The molecule has 2 N–H and O–H groups in total. The van der Waals surface area contributed by atoms with E-state index in [0.29, 0.717) is 32.7 Å². The molecule has 0 aliphatic rings. The summed E-state index contributed by atoms with van der Waals surface area (Å²) in [5.41, 5.74) is 0. The molecule has 0 radical (unpaired) electrons. The van der Waals surface area contributed by atoms with E-state index in [9.17, 15) is 8.42 Å². The van der Waals surface area contributed by atoms with Gasteiger partial charge in [0.2, 0.25) is 10.0 Å². The summed E-state index contributed by atoms with van der Waals surface area (Å²) >= 11 is 0. The Balaban J connectivity index is 3.46. The fourth-order valence-corrected chi connectivity index (χ4v) is 1.93. The molecule has 0 aliphatic heterocycles. The van der Waals surface area contributed by atoms with Crippen molar-refractivity contribution in [1.82, 2.24) is 10.0 Å². The second-order valence-electron chi connectivity index (χ2n) is 2.87. The van der Waals surface area contributed by atoms with Crippen molar-refractivity contribution >= 4 is 10.0 Å². The SMILES string of the molecule is CCOCCCNS(=O)(=O)CCNC. The van der Waals surface area contributed by atoms with E-state index < -0.39 is 10.0 Å². The van der Waals surface area contributed by atoms with Crippen LogP contribution in [-0.2, 0) is 14.8 Å². The number of ether oxygens (including phenoxy) is 1. The van der Waals surface area contributed by atoms with Crippen LogP contribution in [0.2, 0.25) is 0 Å². The Morgan fingerprint density at radius 3 is 2.57 bits per heavy atom. The molecular formula is C8H20N2O3S. The van der Waals surface area contributed by atoms with Crippen molar-refractivity contribution in [3.8, 4) is 0 Å².